The van der Waals surface area contributed by atoms with Gasteiger partial charge in [-0.15, -0.1) is 0 Å². The third-order valence-corrected chi connectivity index (χ3v) is 1.94. The van der Waals surface area contributed by atoms with Gasteiger partial charge >= 0.3 is 12.3 Å². The quantitative estimate of drug-likeness (QED) is 0.279. The zero-order chi connectivity index (χ0) is 14.3. The Hall–Kier alpha value is -1.62. The summed E-state index contributed by atoms with van der Waals surface area (Å²) in [6, 6.07) is 0. The summed E-state index contributed by atoms with van der Waals surface area (Å²) in [6.45, 7) is -1.77. The van der Waals surface area contributed by atoms with E-state index in [9.17, 15) is 19.8 Å². The van der Waals surface area contributed by atoms with Crippen molar-refractivity contribution in [2.45, 2.75) is 24.4 Å². The molecule has 10 heteroatoms. The van der Waals surface area contributed by atoms with E-state index in [0.29, 0.717) is 0 Å². The van der Waals surface area contributed by atoms with E-state index in [1.54, 1.807) is 0 Å². The molecule has 0 spiro atoms. The molecule has 0 aromatic rings. The lowest BCUT2D eigenvalue weighted by molar-refractivity contribution is -0.131. The van der Waals surface area contributed by atoms with Crippen LogP contribution >= 0.6 is 0 Å². The Morgan fingerprint density at radius 2 is 1.56 bits per heavy atom. The van der Waals surface area contributed by atoms with Crippen molar-refractivity contribution in [3.8, 4) is 0 Å². The molecule has 0 saturated heterocycles. The average molecular weight is 270 g/mol. The number of hydrogen-bond acceptors (Lipinski definition) is 8. The van der Waals surface area contributed by atoms with E-state index >= 15 is 0 Å². The molecule has 0 radical (unpaired) electrons. The van der Waals surface area contributed by atoms with E-state index in [-0.39, 0.29) is 0 Å². The van der Waals surface area contributed by atoms with Gasteiger partial charge in [0.15, 0.2) is 6.10 Å². The Kier molecular flexibility index (Phi) is 6.97. The van der Waals surface area contributed by atoms with Crippen molar-refractivity contribution in [3.05, 3.63) is 0 Å². The van der Waals surface area contributed by atoms with E-state index in [1.807, 2.05) is 0 Å². The second-order valence-corrected chi connectivity index (χ2v) is 3.23. The normalized spacial score (nSPS) is 17.3. The lowest BCUT2D eigenvalue weighted by Gasteiger charge is -2.27. The molecule has 0 fully saturated rings. The van der Waals surface area contributed by atoms with E-state index in [1.165, 1.54) is 0 Å². The zero-order valence-electron chi connectivity index (χ0n) is 9.04. The summed E-state index contributed by atoms with van der Waals surface area (Å²) in [6.07, 6.45) is -11.0. The first-order valence-corrected chi connectivity index (χ1v) is 4.70. The molecule has 0 bridgehead atoms. The molecule has 6 N–H and O–H groups in total. The number of ether oxygens (including phenoxy) is 2. The van der Waals surface area contributed by atoms with E-state index < -0.39 is 49.9 Å². The van der Waals surface area contributed by atoms with E-state index in [4.69, 9.17) is 20.4 Å². The van der Waals surface area contributed by atoms with Crippen molar-refractivity contribution in [1.82, 2.24) is 0 Å². The summed E-state index contributed by atoms with van der Waals surface area (Å²) in [5.41, 5.74) is 0. The number of carbonyl (C=O) groups is 2. The van der Waals surface area contributed by atoms with Crippen molar-refractivity contribution >= 4 is 12.3 Å². The van der Waals surface area contributed by atoms with E-state index in [0.717, 1.165) is 0 Å². The van der Waals surface area contributed by atoms with Crippen LogP contribution in [0.4, 0.5) is 9.59 Å². The maximum atomic E-state index is 10.3. The van der Waals surface area contributed by atoms with Crippen LogP contribution in [0.3, 0.4) is 0 Å². The summed E-state index contributed by atoms with van der Waals surface area (Å²) in [7, 11) is 0. The van der Waals surface area contributed by atoms with Crippen LogP contribution in [-0.2, 0) is 9.47 Å². The fourth-order valence-electron chi connectivity index (χ4n) is 1.04. The first-order valence-electron chi connectivity index (χ1n) is 4.70. The third-order valence-electron chi connectivity index (χ3n) is 1.94. The number of rotatable bonds is 7. The summed E-state index contributed by atoms with van der Waals surface area (Å²) >= 11 is 0. The molecule has 106 valence electrons. The topological polar surface area (TPSA) is 174 Å². The fraction of sp³-hybridized carbons (Fsp3) is 0.750. The van der Waals surface area contributed by atoms with Gasteiger partial charge in [-0.2, -0.15) is 0 Å². The van der Waals surface area contributed by atoms with Gasteiger partial charge in [0.05, 0.1) is 6.61 Å². The molecule has 0 amide bonds. The van der Waals surface area contributed by atoms with Gasteiger partial charge in [0.2, 0.25) is 0 Å². The van der Waals surface area contributed by atoms with Crippen molar-refractivity contribution in [2.24, 2.45) is 0 Å². The van der Waals surface area contributed by atoms with Crippen LogP contribution in [0, 0.1) is 0 Å². The van der Waals surface area contributed by atoms with Crippen LogP contribution < -0.4 is 0 Å². The van der Waals surface area contributed by atoms with Crippen molar-refractivity contribution < 1.29 is 49.7 Å². The predicted octanol–water partition coefficient (Wildman–Crippen LogP) is -2.18. The molecule has 0 unspecified atom stereocenters. The SMILES string of the molecule is O=C(O)OC[C@H](OC(=O)O)[C@@H](O)[C@H](O)[C@H](O)CO. The van der Waals surface area contributed by atoms with Gasteiger partial charge in [-0.25, -0.2) is 9.59 Å². The predicted molar refractivity (Wildman–Crippen MR) is 52.0 cm³/mol. The molecule has 0 aliphatic heterocycles. The van der Waals surface area contributed by atoms with E-state index in [2.05, 4.69) is 9.47 Å². The summed E-state index contributed by atoms with van der Waals surface area (Å²) in [4.78, 5) is 20.4. The number of carboxylic acid groups (broad SMARTS) is 2. The second kappa shape index (κ2) is 7.66. The lowest BCUT2D eigenvalue weighted by Crippen LogP contribution is -2.49. The Morgan fingerprint density at radius 1 is 1.00 bits per heavy atom. The van der Waals surface area contributed by atoms with Gasteiger partial charge in [-0.3, -0.25) is 0 Å². The van der Waals surface area contributed by atoms with Crippen LogP contribution in [0.5, 0.6) is 0 Å². The highest BCUT2D eigenvalue weighted by molar-refractivity contribution is 5.58. The van der Waals surface area contributed by atoms with Gasteiger partial charge in [-0.05, 0) is 0 Å². The second-order valence-electron chi connectivity index (χ2n) is 3.23. The minimum absolute atomic E-state index is 0.877. The maximum Gasteiger partial charge on any atom is 0.506 e. The van der Waals surface area contributed by atoms with Gasteiger partial charge in [-0.1, -0.05) is 0 Å². The smallest absolute Gasteiger partial charge is 0.450 e. The van der Waals surface area contributed by atoms with Crippen molar-refractivity contribution in [2.75, 3.05) is 13.2 Å². The highest BCUT2D eigenvalue weighted by Gasteiger charge is 2.34. The molecule has 0 aliphatic carbocycles. The standard InChI is InChI=1S/C8H14O10/c9-1-3(10)5(11)6(12)4(18-8(15)16)2-17-7(13)14/h3-6,9-12H,1-2H2,(H,13,14)(H,15,16)/t3-,4+,5-,6-/m1/s1. The zero-order valence-corrected chi connectivity index (χ0v) is 9.04. The average Bonchev–Trinajstić information content (AvgIpc) is 2.30. The largest absolute Gasteiger partial charge is 0.506 e. The Labute approximate surface area is 101 Å². The highest BCUT2D eigenvalue weighted by Crippen LogP contribution is 2.09. The number of aliphatic hydroxyl groups excluding tert-OH is 4. The Balaban J connectivity index is 4.61. The highest BCUT2D eigenvalue weighted by atomic mass is 16.7. The van der Waals surface area contributed by atoms with Crippen LogP contribution in [0.25, 0.3) is 0 Å². The van der Waals surface area contributed by atoms with Crippen LogP contribution in [0.1, 0.15) is 0 Å². The molecule has 0 saturated carbocycles. The van der Waals surface area contributed by atoms with Crippen LogP contribution in [0.15, 0.2) is 0 Å². The molecule has 18 heavy (non-hydrogen) atoms. The fourth-order valence-corrected chi connectivity index (χ4v) is 1.04. The molecule has 4 atom stereocenters. The minimum Gasteiger partial charge on any atom is -0.450 e. The Morgan fingerprint density at radius 3 is 1.94 bits per heavy atom. The molecule has 0 heterocycles. The molecule has 0 aromatic heterocycles. The van der Waals surface area contributed by atoms with Crippen molar-refractivity contribution in [1.29, 1.82) is 0 Å². The van der Waals surface area contributed by atoms with Gasteiger partial charge < -0.3 is 40.1 Å². The van der Waals surface area contributed by atoms with Gasteiger partial charge in [0, 0.05) is 0 Å². The summed E-state index contributed by atoms with van der Waals surface area (Å²) in [5.74, 6) is 0. The number of hydrogen-bond donors (Lipinski definition) is 6. The lowest BCUT2D eigenvalue weighted by atomic mass is 10.0. The Bertz CT molecular complexity index is 279. The first kappa shape index (κ1) is 16.4. The molecular formula is C8H14O10. The molecule has 0 aromatic carbocycles. The molecule has 0 aliphatic rings. The minimum atomic E-state index is -1.97. The van der Waals surface area contributed by atoms with Crippen LogP contribution in [0.2, 0.25) is 0 Å². The van der Waals surface area contributed by atoms with Gasteiger partial charge in [0.1, 0.15) is 24.9 Å². The number of aliphatic hydroxyl groups is 4. The summed E-state index contributed by atoms with van der Waals surface area (Å²) in [5, 5.41) is 52.9. The van der Waals surface area contributed by atoms with Crippen LogP contribution in [-0.4, -0.2) is 80.6 Å². The molecule has 0 rings (SSSR count). The summed E-state index contributed by atoms with van der Waals surface area (Å²) < 4.78 is 8.11. The van der Waals surface area contributed by atoms with Crippen molar-refractivity contribution in [3.63, 3.8) is 0 Å². The maximum absolute atomic E-state index is 10.3. The first-order chi connectivity index (χ1) is 8.29. The van der Waals surface area contributed by atoms with Gasteiger partial charge in [0.25, 0.3) is 0 Å². The monoisotopic (exact) mass is 270 g/mol. The molecular weight excluding hydrogens is 256 g/mol. The third kappa shape index (κ3) is 5.63. The molecule has 10 nitrogen and oxygen atoms in total.